The fourth-order valence-electron chi connectivity index (χ4n) is 4.49. The number of carbonyl (C=O) groups excluding carboxylic acids is 1. The van der Waals surface area contributed by atoms with Gasteiger partial charge in [-0.3, -0.25) is 9.69 Å². The summed E-state index contributed by atoms with van der Waals surface area (Å²) in [6.07, 6.45) is 5.27. The van der Waals surface area contributed by atoms with Gasteiger partial charge in [0.05, 0.1) is 22.8 Å². The number of amides is 1. The maximum atomic E-state index is 13.1. The van der Waals surface area contributed by atoms with Crippen LogP contribution in [0.25, 0.3) is 10.2 Å². The predicted octanol–water partition coefficient (Wildman–Crippen LogP) is 3.57. The molecule has 0 bridgehead atoms. The van der Waals surface area contributed by atoms with Gasteiger partial charge in [-0.15, -0.1) is 11.3 Å². The zero-order chi connectivity index (χ0) is 20.3. The van der Waals surface area contributed by atoms with Crippen LogP contribution < -0.4 is 4.90 Å². The maximum absolute atomic E-state index is 13.1. The summed E-state index contributed by atoms with van der Waals surface area (Å²) in [5, 5.41) is 1.16. The number of piperazine rings is 1. The summed E-state index contributed by atoms with van der Waals surface area (Å²) in [5.74, 6) is 1.24. The smallest absolute Gasteiger partial charge is 0.236 e. The van der Waals surface area contributed by atoms with Crippen molar-refractivity contribution in [3.63, 3.8) is 0 Å². The molecule has 4 heterocycles. The van der Waals surface area contributed by atoms with Gasteiger partial charge in [-0.05, 0) is 43.7 Å². The number of para-hydroxylation sites is 1. The van der Waals surface area contributed by atoms with E-state index in [4.69, 9.17) is 4.98 Å². The van der Waals surface area contributed by atoms with Crippen molar-refractivity contribution in [2.24, 2.45) is 0 Å². The molecule has 0 radical (unpaired) electrons. The number of hydrogen-bond donors (Lipinski definition) is 0. The van der Waals surface area contributed by atoms with Crippen LogP contribution >= 0.6 is 11.3 Å². The van der Waals surface area contributed by atoms with Crippen molar-refractivity contribution in [1.29, 1.82) is 0 Å². The topological polar surface area (TPSA) is 52.6 Å². The third-order valence-corrected chi connectivity index (χ3v) is 7.29. The molecule has 1 atom stereocenters. The predicted molar refractivity (Wildman–Crippen MR) is 121 cm³/mol. The van der Waals surface area contributed by atoms with Gasteiger partial charge in [0, 0.05) is 32.4 Å². The van der Waals surface area contributed by atoms with E-state index in [2.05, 4.69) is 33.0 Å². The van der Waals surface area contributed by atoms with Crippen molar-refractivity contribution in [3.8, 4) is 0 Å². The Bertz CT molecular complexity index is 966. The largest absolute Gasteiger partial charge is 0.353 e. The second kappa shape index (κ2) is 8.70. The summed E-state index contributed by atoms with van der Waals surface area (Å²) in [4.78, 5) is 29.0. The van der Waals surface area contributed by atoms with E-state index < -0.39 is 0 Å². The molecule has 2 aliphatic heterocycles. The summed E-state index contributed by atoms with van der Waals surface area (Å²) < 4.78 is 1.23. The highest BCUT2D eigenvalue weighted by molar-refractivity contribution is 7.18. The van der Waals surface area contributed by atoms with Crippen LogP contribution in [0.4, 0.5) is 5.82 Å². The fraction of sp³-hybridized carbons (Fsp3) is 0.435. The molecule has 5 rings (SSSR count). The molecule has 30 heavy (non-hydrogen) atoms. The normalized spacial score (nSPS) is 20.6. The van der Waals surface area contributed by atoms with Crippen LogP contribution in [0.3, 0.4) is 0 Å². The standard InChI is InChI=1S/C23H27N5OS/c29-22(27-15-13-26(14-16-27)21-10-3-5-11-24-21)17-28-12-6-4-8-19(28)23-25-18-7-1-2-9-20(18)30-23/h1-3,5,7,9-11,19H,4,6,8,12-17H2. The number of carbonyl (C=O) groups is 1. The molecule has 0 saturated carbocycles. The first kappa shape index (κ1) is 19.5. The molecule has 1 unspecified atom stereocenters. The van der Waals surface area contributed by atoms with Crippen LogP contribution in [-0.4, -0.2) is 64.9 Å². The van der Waals surface area contributed by atoms with Gasteiger partial charge < -0.3 is 9.80 Å². The van der Waals surface area contributed by atoms with Gasteiger partial charge in [0.1, 0.15) is 10.8 Å². The Morgan fingerprint density at radius 2 is 1.83 bits per heavy atom. The van der Waals surface area contributed by atoms with Gasteiger partial charge in [0.2, 0.25) is 5.91 Å². The fourth-order valence-corrected chi connectivity index (χ4v) is 5.63. The van der Waals surface area contributed by atoms with E-state index in [0.29, 0.717) is 6.54 Å². The number of hydrogen-bond acceptors (Lipinski definition) is 6. The van der Waals surface area contributed by atoms with Crippen molar-refractivity contribution < 1.29 is 4.79 Å². The molecule has 7 heteroatoms. The first-order chi connectivity index (χ1) is 14.8. The van der Waals surface area contributed by atoms with E-state index in [1.807, 2.05) is 35.4 Å². The van der Waals surface area contributed by atoms with Crippen LogP contribution in [0, 0.1) is 0 Å². The highest BCUT2D eigenvalue weighted by Gasteiger charge is 2.30. The number of piperidine rings is 1. The average Bonchev–Trinajstić information content (AvgIpc) is 3.24. The first-order valence-corrected chi connectivity index (χ1v) is 11.6. The van der Waals surface area contributed by atoms with E-state index in [-0.39, 0.29) is 11.9 Å². The Balaban J connectivity index is 1.23. The third-order valence-electron chi connectivity index (χ3n) is 6.15. The molecule has 2 saturated heterocycles. The van der Waals surface area contributed by atoms with E-state index in [9.17, 15) is 4.79 Å². The lowest BCUT2D eigenvalue weighted by Gasteiger charge is -2.38. The number of benzene rings is 1. The van der Waals surface area contributed by atoms with Crippen LogP contribution in [-0.2, 0) is 4.79 Å². The number of fused-ring (bicyclic) bond motifs is 1. The van der Waals surface area contributed by atoms with Gasteiger partial charge in [0.25, 0.3) is 0 Å². The van der Waals surface area contributed by atoms with Crippen molar-refractivity contribution in [2.75, 3.05) is 44.2 Å². The van der Waals surface area contributed by atoms with E-state index in [1.165, 1.54) is 11.1 Å². The van der Waals surface area contributed by atoms with Crippen molar-refractivity contribution >= 4 is 33.3 Å². The monoisotopic (exact) mass is 421 g/mol. The molecular formula is C23H27N5OS. The maximum Gasteiger partial charge on any atom is 0.236 e. The van der Waals surface area contributed by atoms with Gasteiger partial charge in [0.15, 0.2) is 0 Å². The van der Waals surface area contributed by atoms with Crippen LogP contribution in [0.5, 0.6) is 0 Å². The highest BCUT2D eigenvalue weighted by Crippen LogP contribution is 2.35. The number of aromatic nitrogens is 2. The number of rotatable bonds is 4. The minimum Gasteiger partial charge on any atom is -0.353 e. The molecule has 1 amide bonds. The molecule has 2 fully saturated rings. The zero-order valence-electron chi connectivity index (χ0n) is 17.1. The van der Waals surface area contributed by atoms with Crippen molar-refractivity contribution in [3.05, 3.63) is 53.7 Å². The van der Waals surface area contributed by atoms with Crippen molar-refractivity contribution in [2.45, 2.75) is 25.3 Å². The van der Waals surface area contributed by atoms with Crippen LogP contribution in [0.2, 0.25) is 0 Å². The van der Waals surface area contributed by atoms with Gasteiger partial charge in [-0.1, -0.05) is 24.6 Å². The Hall–Kier alpha value is -2.51. The second-order valence-corrected chi connectivity index (χ2v) is 9.12. The number of anilines is 1. The highest BCUT2D eigenvalue weighted by atomic mass is 32.1. The SMILES string of the molecule is O=C(CN1CCCCC1c1nc2ccccc2s1)N1CCN(c2ccccn2)CC1. The minimum absolute atomic E-state index is 0.240. The van der Waals surface area contributed by atoms with E-state index >= 15 is 0 Å². The van der Waals surface area contributed by atoms with Crippen molar-refractivity contribution in [1.82, 2.24) is 19.8 Å². The Morgan fingerprint density at radius 1 is 1.00 bits per heavy atom. The van der Waals surface area contributed by atoms with E-state index in [0.717, 1.165) is 61.9 Å². The van der Waals surface area contributed by atoms with Gasteiger partial charge in [-0.2, -0.15) is 0 Å². The quantitative estimate of drug-likeness (QED) is 0.645. The van der Waals surface area contributed by atoms with Gasteiger partial charge in [-0.25, -0.2) is 9.97 Å². The summed E-state index contributed by atoms with van der Waals surface area (Å²) >= 11 is 1.78. The molecule has 0 aliphatic carbocycles. The third kappa shape index (κ3) is 4.04. The molecule has 0 N–H and O–H groups in total. The minimum atomic E-state index is 0.240. The number of thiazole rings is 1. The number of likely N-dealkylation sites (tertiary alicyclic amines) is 1. The molecule has 1 aromatic carbocycles. The summed E-state index contributed by atoms with van der Waals surface area (Å²) in [6.45, 7) is 4.66. The summed E-state index contributed by atoms with van der Waals surface area (Å²) in [5.41, 5.74) is 1.07. The Kier molecular flexibility index (Phi) is 5.64. The molecular weight excluding hydrogens is 394 g/mol. The molecule has 3 aromatic rings. The molecule has 0 spiro atoms. The number of pyridine rings is 1. The zero-order valence-corrected chi connectivity index (χ0v) is 17.9. The molecule has 2 aromatic heterocycles. The lowest BCUT2D eigenvalue weighted by Crippen LogP contribution is -2.52. The molecule has 6 nitrogen and oxygen atoms in total. The number of nitrogens with zero attached hydrogens (tertiary/aromatic N) is 5. The van der Waals surface area contributed by atoms with Crippen LogP contribution in [0.15, 0.2) is 48.7 Å². The van der Waals surface area contributed by atoms with Gasteiger partial charge >= 0.3 is 0 Å². The molecule has 2 aliphatic rings. The Labute approximate surface area is 181 Å². The summed E-state index contributed by atoms with van der Waals surface area (Å²) in [6, 6.07) is 14.6. The Morgan fingerprint density at radius 3 is 2.63 bits per heavy atom. The summed E-state index contributed by atoms with van der Waals surface area (Å²) in [7, 11) is 0. The first-order valence-electron chi connectivity index (χ1n) is 10.8. The lowest BCUT2D eigenvalue weighted by atomic mass is 10.0. The average molecular weight is 422 g/mol. The lowest BCUT2D eigenvalue weighted by molar-refractivity contribution is -0.133. The van der Waals surface area contributed by atoms with E-state index in [1.54, 1.807) is 11.3 Å². The second-order valence-electron chi connectivity index (χ2n) is 8.06. The molecule has 156 valence electrons. The van der Waals surface area contributed by atoms with Crippen LogP contribution in [0.1, 0.15) is 30.3 Å².